The van der Waals surface area contributed by atoms with Gasteiger partial charge < -0.3 is 5.32 Å². The lowest BCUT2D eigenvalue weighted by Crippen LogP contribution is -2.42. The van der Waals surface area contributed by atoms with Crippen molar-refractivity contribution < 1.29 is 22.8 Å². The summed E-state index contributed by atoms with van der Waals surface area (Å²) in [6, 6.07) is 6.37. The highest BCUT2D eigenvalue weighted by Gasteiger charge is 2.34. The maximum absolute atomic E-state index is 13.0. The van der Waals surface area contributed by atoms with Crippen molar-refractivity contribution >= 4 is 23.3 Å². The fourth-order valence-electron chi connectivity index (χ4n) is 2.72. The van der Waals surface area contributed by atoms with E-state index < -0.39 is 17.6 Å². The van der Waals surface area contributed by atoms with Crippen molar-refractivity contribution in [3.05, 3.63) is 41.6 Å². The molecule has 6 nitrogen and oxygen atoms in total. The normalized spacial score (nSPS) is 14.4. The average molecular weight is 352 g/mol. The molecule has 0 spiro atoms. The fraction of sp³-hybridized carbons (Fsp3) is 0.312. The van der Waals surface area contributed by atoms with Gasteiger partial charge in [0.05, 0.1) is 23.5 Å². The van der Waals surface area contributed by atoms with Gasteiger partial charge in [0, 0.05) is 12.5 Å². The molecule has 0 saturated carbocycles. The highest BCUT2D eigenvalue weighted by atomic mass is 19.4. The summed E-state index contributed by atoms with van der Waals surface area (Å²) < 4.78 is 40.6. The van der Waals surface area contributed by atoms with Gasteiger partial charge in [-0.3, -0.25) is 14.5 Å². The number of hydrogen-bond acceptors (Lipinski definition) is 3. The van der Waals surface area contributed by atoms with Gasteiger partial charge >= 0.3 is 6.18 Å². The Hall–Kier alpha value is -2.84. The van der Waals surface area contributed by atoms with Gasteiger partial charge in [0.1, 0.15) is 12.4 Å². The highest BCUT2D eigenvalue weighted by Crippen LogP contribution is 2.34. The number of para-hydroxylation sites is 1. The molecule has 0 radical (unpaired) electrons. The molecule has 9 heteroatoms. The highest BCUT2D eigenvalue weighted by molar-refractivity contribution is 6.03. The summed E-state index contributed by atoms with van der Waals surface area (Å²) in [6.45, 7) is 1.79. The number of halogens is 3. The first-order valence-corrected chi connectivity index (χ1v) is 7.56. The lowest BCUT2D eigenvalue weighted by Gasteiger charge is -2.27. The van der Waals surface area contributed by atoms with E-state index in [1.165, 1.54) is 23.1 Å². The minimum Gasteiger partial charge on any atom is -0.324 e. The van der Waals surface area contributed by atoms with Crippen LogP contribution in [0.1, 0.15) is 17.7 Å². The Morgan fingerprint density at radius 3 is 2.76 bits per heavy atom. The fourth-order valence-corrected chi connectivity index (χ4v) is 2.72. The van der Waals surface area contributed by atoms with Gasteiger partial charge in [-0.15, -0.1) is 0 Å². The van der Waals surface area contributed by atoms with Crippen LogP contribution in [0.2, 0.25) is 0 Å². The Morgan fingerprint density at radius 1 is 1.32 bits per heavy atom. The first-order chi connectivity index (χ1) is 11.8. The number of fused-ring (bicyclic) bond motifs is 1. The molecule has 1 aliphatic heterocycles. The molecule has 0 fully saturated rings. The molecule has 2 amide bonds. The predicted octanol–water partition coefficient (Wildman–Crippen LogP) is 2.59. The minimum absolute atomic E-state index is 0.181. The quantitative estimate of drug-likeness (QED) is 0.923. The van der Waals surface area contributed by atoms with Crippen molar-refractivity contribution in [1.82, 2.24) is 9.78 Å². The molecular formula is C16H15F3N4O2. The number of alkyl halides is 3. The van der Waals surface area contributed by atoms with Crippen LogP contribution < -0.4 is 10.2 Å². The monoisotopic (exact) mass is 352 g/mol. The van der Waals surface area contributed by atoms with Crippen LogP contribution >= 0.6 is 0 Å². The Balaban J connectivity index is 1.79. The van der Waals surface area contributed by atoms with E-state index in [4.69, 9.17) is 0 Å². The zero-order valence-electron chi connectivity index (χ0n) is 13.3. The zero-order valence-corrected chi connectivity index (χ0v) is 13.3. The third-order valence-electron chi connectivity index (χ3n) is 3.80. The summed E-state index contributed by atoms with van der Waals surface area (Å²) in [5, 5.41) is 6.46. The van der Waals surface area contributed by atoms with Crippen LogP contribution in [-0.4, -0.2) is 28.1 Å². The Labute approximate surface area is 141 Å². The number of nitrogens with zero attached hydrogens (tertiary/aromatic N) is 3. The second-order valence-corrected chi connectivity index (χ2v) is 5.69. The predicted molar refractivity (Wildman–Crippen MR) is 84.0 cm³/mol. The molecule has 25 heavy (non-hydrogen) atoms. The standard InChI is InChI=1S/C16H15F3N4O2/c1-10-8-14-22(15(25)6-7-23(14)21-10)9-13(24)20-12-5-3-2-4-11(12)16(17,18)19/h2-5,8H,6-7,9H2,1H3,(H,20,24). The topological polar surface area (TPSA) is 67.2 Å². The van der Waals surface area contributed by atoms with E-state index in [1.54, 1.807) is 17.7 Å². The van der Waals surface area contributed by atoms with E-state index in [2.05, 4.69) is 10.4 Å². The van der Waals surface area contributed by atoms with Crippen LogP contribution in [0.3, 0.4) is 0 Å². The Kier molecular flexibility index (Phi) is 4.23. The van der Waals surface area contributed by atoms with Crippen LogP contribution in [0, 0.1) is 6.92 Å². The molecule has 1 aromatic heterocycles. The second-order valence-electron chi connectivity index (χ2n) is 5.69. The second kappa shape index (κ2) is 6.23. The number of nitrogens with one attached hydrogen (secondary N) is 1. The number of aryl methyl sites for hydroxylation is 2. The van der Waals surface area contributed by atoms with Gasteiger partial charge in [-0.1, -0.05) is 12.1 Å². The third kappa shape index (κ3) is 3.49. The molecule has 2 aromatic rings. The van der Waals surface area contributed by atoms with Gasteiger partial charge in [0.15, 0.2) is 0 Å². The third-order valence-corrected chi connectivity index (χ3v) is 3.80. The lowest BCUT2D eigenvalue weighted by molar-refractivity contribution is -0.137. The van der Waals surface area contributed by atoms with Gasteiger partial charge in [-0.05, 0) is 19.1 Å². The molecular weight excluding hydrogens is 337 g/mol. The number of amides is 2. The lowest BCUT2D eigenvalue weighted by atomic mass is 10.1. The molecule has 2 heterocycles. The molecule has 1 N–H and O–H groups in total. The summed E-state index contributed by atoms with van der Waals surface area (Å²) in [5.74, 6) is -0.517. The molecule has 0 aliphatic carbocycles. The first kappa shape index (κ1) is 17.0. The summed E-state index contributed by atoms with van der Waals surface area (Å²) in [5.41, 5.74) is -0.583. The van der Waals surface area contributed by atoms with Crippen LogP contribution in [0.5, 0.6) is 0 Å². The van der Waals surface area contributed by atoms with E-state index >= 15 is 0 Å². The van der Waals surface area contributed by atoms with Crippen molar-refractivity contribution in [2.75, 3.05) is 16.8 Å². The molecule has 1 aromatic carbocycles. The van der Waals surface area contributed by atoms with E-state index in [9.17, 15) is 22.8 Å². The molecule has 0 bridgehead atoms. The molecule has 132 valence electrons. The number of rotatable bonds is 3. The number of carbonyl (C=O) groups excluding carboxylic acids is 2. The van der Waals surface area contributed by atoms with E-state index in [0.29, 0.717) is 18.1 Å². The van der Waals surface area contributed by atoms with Gasteiger partial charge in [-0.25, -0.2) is 4.68 Å². The first-order valence-electron chi connectivity index (χ1n) is 7.56. The maximum atomic E-state index is 13.0. The van der Waals surface area contributed by atoms with Crippen molar-refractivity contribution in [1.29, 1.82) is 0 Å². The van der Waals surface area contributed by atoms with E-state index in [1.807, 2.05) is 0 Å². The van der Waals surface area contributed by atoms with Crippen molar-refractivity contribution in [2.24, 2.45) is 0 Å². The molecule has 0 atom stereocenters. The number of carbonyl (C=O) groups is 2. The SMILES string of the molecule is Cc1cc2n(n1)CCC(=O)N2CC(=O)Nc1ccccc1C(F)(F)F. The number of hydrogen-bond donors (Lipinski definition) is 1. The maximum Gasteiger partial charge on any atom is 0.418 e. The van der Waals surface area contributed by atoms with Gasteiger partial charge in [-0.2, -0.15) is 18.3 Å². The summed E-state index contributed by atoms with van der Waals surface area (Å²) in [6.07, 6.45) is -4.40. The van der Waals surface area contributed by atoms with Crippen LogP contribution in [0.15, 0.2) is 30.3 Å². The van der Waals surface area contributed by atoms with Crippen LogP contribution in [0.4, 0.5) is 24.7 Å². The van der Waals surface area contributed by atoms with Crippen LogP contribution in [-0.2, 0) is 22.3 Å². The summed E-state index contributed by atoms with van der Waals surface area (Å²) >= 11 is 0. The van der Waals surface area contributed by atoms with Gasteiger partial charge in [0.25, 0.3) is 0 Å². The van der Waals surface area contributed by atoms with Crippen LogP contribution in [0.25, 0.3) is 0 Å². The molecule has 0 unspecified atom stereocenters. The average Bonchev–Trinajstić information content (AvgIpc) is 2.90. The molecule has 1 aliphatic rings. The minimum atomic E-state index is -4.58. The molecule has 0 saturated heterocycles. The Bertz CT molecular complexity index is 829. The van der Waals surface area contributed by atoms with Crippen molar-refractivity contribution in [3.8, 4) is 0 Å². The molecule has 3 rings (SSSR count). The largest absolute Gasteiger partial charge is 0.418 e. The summed E-state index contributed by atoms with van der Waals surface area (Å²) in [4.78, 5) is 25.6. The van der Waals surface area contributed by atoms with Crippen molar-refractivity contribution in [2.45, 2.75) is 26.1 Å². The van der Waals surface area contributed by atoms with E-state index in [-0.39, 0.29) is 24.6 Å². The van der Waals surface area contributed by atoms with E-state index in [0.717, 1.165) is 6.07 Å². The van der Waals surface area contributed by atoms with Gasteiger partial charge in [0.2, 0.25) is 11.8 Å². The number of aromatic nitrogens is 2. The smallest absolute Gasteiger partial charge is 0.324 e. The number of benzene rings is 1. The number of anilines is 2. The summed E-state index contributed by atoms with van der Waals surface area (Å²) in [7, 11) is 0. The zero-order chi connectivity index (χ0) is 18.2. The van der Waals surface area contributed by atoms with Crippen molar-refractivity contribution in [3.63, 3.8) is 0 Å². The Morgan fingerprint density at radius 2 is 2.04 bits per heavy atom.